The number of nitrogens with zero attached hydrogens (tertiary/aromatic N) is 3. The molecule has 0 bridgehead atoms. The number of hydrogen-bond donors (Lipinski definition) is 1. The standard InChI is InChI=1S/C20H24N4O2S/c1-20(2)10-11-21-17(13-22-20)18-14-24(23-27-18)12-6-9-19(25)26-15-16-7-4-3-5-8-16/h3-5,7-8,10-11,13-14,23H,6,9,12,15H2,1-2H3. The summed E-state index contributed by atoms with van der Waals surface area (Å²) in [6.07, 6.45) is 8.68. The Balaban J connectivity index is 1.41. The molecule has 0 unspecified atom stereocenters. The van der Waals surface area contributed by atoms with E-state index in [4.69, 9.17) is 4.74 Å². The Bertz CT molecular complexity index is 784. The van der Waals surface area contributed by atoms with Gasteiger partial charge in [0, 0.05) is 31.6 Å². The van der Waals surface area contributed by atoms with E-state index in [9.17, 15) is 4.79 Å². The fraction of sp³-hybridized carbons (Fsp3) is 0.350. The molecule has 0 saturated heterocycles. The topological polar surface area (TPSA) is 66.3 Å². The van der Waals surface area contributed by atoms with E-state index in [1.807, 2.05) is 67.7 Å². The van der Waals surface area contributed by atoms with Crippen LogP contribution in [0.1, 0.15) is 32.3 Å². The molecule has 0 saturated carbocycles. The first-order chi connectivity index (χ1) is 13.0. The third-order valence-corrected chi connectivity index (χ3v) is 4.90. The Labute approximate surface area is 164 Å². The quantitative estimate of drug-likeness (QED) is 0.574. The minimum Gasteiger partial charge on any atom is -0.461 e. The zero-order valence-electron chi connectivity index (χ0n) is 15.6. The lowest BCUT2D eigenvalue weighted by Gasteiger charge is -2.13. The van der Waals surface area contributed by atoms with Gasteiger partial charge in [0.15, 0.2) is 0 Å². The van der Waals surface area contributed by atoms with Crippen LogP contribution in [0.4, 0.5) is 0 Å². The van der Waals surface area contributed by atoms with Gasteiger partial charge in [-0.2, -0.15) is 4.83 Å². The van der Waals surface area contributed by atoms with Crippen molar-refractivity contribution in [1.29, 1.82) is 0 Å². The summed E-state index contributed by atoms with van der Waals surface area (Å²) in [5.41, 5.74) is 1.60. The van der Waals surface area contributed by atoms with Gasteiger partial charge in [0.2, 0.25) is 0 Å². The molecule has 0 amide bonds. The predicted molar refractivity (Wildman–Crippen MR) is 110 cm³/mol. The minimum atomic E-state index is -0.234. The van der Waals surface area contributed by atoms with Gasteiger partial charge in [-0.1, -0.05) is 30.3 Å². The summed E-state index contributed by atoms with van der Waals surface area (Å²) in [4.78, 5) is 25.1. The summed E-state index contributed by atoms with van der Waals surface area (Å²) in [6, 6.07) is 9.70. The summed E-state index contributed by atoms with van der Waals surface area (Å²) in [7, 11) is 0. The highest BCUT2D eigenvalue weighted by atomic mass is 32.2. The Morgan fingerprint density at radius 2 is 2.11 bits per heavy atom. The van der Waals surface area contributed by atoms with Gasteiger partial charge in [-0.15, -0.1) is 0 Å². The lowest BCUT2D eigenvalue weighted by Crippen LogP contribution is -2.25. The molecule has 2 aliphatic heterocycles. The van der Waals surface area contributed by atoms with Crippen LogP contribution in [0, 0.1) is 0 Å². The van der Waals surface area contributed by atoms with Crippen LogP contribution in [-0.2, 0) is 16.1 Å². The molecule has 0 aliphatic carbocycles. The third-order valence-electron chi connectivity index (χ3n) is 4.04. The van der Waals surface area contributed by atoms with Gasteiger partial charge < -0.3 is 9.75 Å². The van der Waals surface area contributed by atoms with Crippen LogP contribution < -0.4 is 4.83 Å². The van der Waals surface area contributed by atoms with Crippen LogP contribution in [0.25, 0.3) is 0 Å². The number of carbonyl (C=O) groups is 1. The molecule has 142 valence electrons. The van der Waals surface area contributed by atoms with Gasteiger partial charge in [-0.3, -0.25) is 14.8 Å². The van der Waals surface area contributed by atoms with E-state index in [0.29, 0.717) is 26.0 Å². The fourth-order valence-corrected chi connectivity index (χ4v) is 3.22. The molecule has 2 aliphatic rings. The highest BCUT2D eigenvalue weighted by molar-refractivity contribution is 8.02. The van der Waals surface area contributed by atoms with Crippen molar-refractivity contribution in [1.82, 2.24) is 9.84 Å². The first-order valence-corrected chi connectivity index (χ1v) is 9.75. The molecular weight excluding hydrogens is 360 g/mol. The van der Waals surface area contributed by atoms with Crippen molar-refractivity contribution >= 4 is 29.8 Å². The molecule has 1 aromatic rings. The number of aliphatic imine (C=N–C) groups is 2. The molecular formula is C20H24N4O2S. The van der Waals surface area contributed by atoms with E-state index in [1.165, 1.54) is 11.9 Å². The van der Waals surface area contributed by atoms with Crippen LogP contribution in [0.5, 0.6) is 0 Å². The molecule has 2 heterocycles. The molecule has 0 radical (unpaired) electrons. The molecule has 0 atom stereocenters. The van der Waals surface area contributed by atoms with Gasteiger partial charge in [-0.05, 0) is 43.9 Å². The summed E-state index contributed by atoms with van der Waals surface area (Å²) >= 11 is 1.50. The Morgan fingerprint density at radius 1 is 1.30 bits per heavy atom. The molecule has 1 aromatic carbocycles. The molecule has 0 fully saturated rings. The Kier molecular flexibility index (Phi) is 6.47. The summed E-state index contributed by atoms with van der Waals surface area (Å²) < 4.78 is 5.30. The third kappa shape index (κ3) is 6.08. The number of nitrogens with one attached hydrogen (secondary N) is 1. The maximum atomic E-state index is 11.9. The number of allylic oxidation sites excluding steroid dienone is 1. The molecule has 27 heavy (non-hydrogen) atoms. The second kappa shape index (κ2) is 9.01. The number of hydrazine groups is 1. The zero-order valence-corrected chi connectivity index (χ0v) is 16.4. The average molecular weight is 385 g/mol. The number of benzene rings is 1. The van der Waals surface area contributed by atoms with Crippen LogP contribution in [0.15, 0.2) is 63.7 Å². The van der Waals surface area contributed by atoms with Gasteiger partial charge in [-0.25, -0.2) is 0 Å². The van der Waals surface area contributed by atoms with Crippen molar-refractivity contribution in [3.05, 3.63) is 59.3 Å². The van der Waals surface area contributed by atoms with E-state index < -0.39 is 0 Å². The number of rotatable bonds is 7. The first kappa shape index (κ1) is 19.4. The highest BCUT2D eigenvalue weighted by Crippen LogP contribution is 2.23. The Hall–Kier alpha value is -2.38. The van der Waals surface area contributed by atoms with E-state index >= 15 is 0 Å². The van der Waals surface area contributed by atoms with Crippen molar-refractivity contribution in [3.8, 4) is 0 Å². The minimum absolute atomic E-state index is 0.178. The molecule has 3 rings (SSSR count). The number of ether oxygens (including phenoxy) is 1. The number of carbonyl (C=O) groups excluding carboxylic acids is 1. The fourth-order valence-electron chi connectivity index (χ4n) is 2.47. The monoisotopic (exact) mass is 384 g/mol. The van der Waals surface area contributed by atoms with Crippen molar-refractivity contribution in [2.45, 2.75) is 38.8 Å². The molecule has 1 N–H and O–H groups in total. The van der Waals surface area contributed by atoms with Crippen LogP contribution >= 0.6 is 11.9 Å². The molecule has 0 aromatic heterocycles. The van der Waals surface area contributed by atoms with Crippen LogP contribution in [0.3, 0.4) is 0 Å². The van der Waals surface area contributed by atoms with Crippen molar-refractivity contribution in [3.63, 3.8) is 0 Å². The van der Waals surface area contributed by atoms with E-state index in [2.05, 4.69) is 14.8 Å². The highest BCUT2D eigenvalue weighted by Gasteiger charge is 2.19. The molecule has 6 nitrogen and oxygen atoms in total. The lowest BCUT2D eigenvalue weighted by atomic mass is 10.1. The van der Waals surface area contributed by atoms with Crippen LogP contribution in [0.2, 0.25) is 0 Å². The maximum Gasteiger partial charge on any atom is 0.306 e. The van der Waals surface area contributed by atoms with E-state index in [0.717, 1.165) is 16.2 Å². The molecule has 0 spiro atoms. The average Bonchev–Trinajstić information content (AvgIpc) is 3.04. The van der Waals surface area contributed by atoms with E-state index in [1.54, 1.807) is 6.20 Å². The van der Waals surface area contributed by atoms with E-state index in [-0.39, 0.29) is 11.5 Å². The second-order valence-electron chi connectivity index (χ2n) is 6.87. The number of hydrogen-bond acceptors (Lipinski definition) is 7. The van der Waals surface area contributed by atoms with Gasteiger partial charge in [0.25, 0.3) is 0 Å². The summed E-state index contributed by atoms with van der Waals surface area (Å²) in [5, 5.41) is 1.96. The lowest BCUT2D eigenvalue weighted by molar-refractivity contribution is -0.145. The van der Waals surface area contributed by atoms with Crippen LogP contribution in [-0.4, -0.2) is 35.0 Å². The zero-order chi connectivity index (χ0) is 19.1. The first-order valence-electron chi connectivity index (χ1n) is 8.93. The molecule has 7 heteroatoms. The normalized spacial score (nSPS) is 18.1. The van der Waals surface area contributed by atoms with Gasteiger partial charge in [0.1, 0.15) is 6.61 Å². The summed E-state index contributed by atoms with van der Waals surface area (Å²) in [6.45, 7) is 5.11. The predicted octanol–water partition coefficient (Wildman–Crippen LogP) is 3.64. The summed E-state index contributed by atoms with van der Waals surface area (Å²) in [5.74, 6) is -0.178. The van der Waals surface area contributed by atoms with Crippen molar-refractivity contribution < 1.29 is 9.53 Å². The Morgan fingerprint density at radius 3 is 2.93 bits per heavy atom. The van der Waals surface area contributed by atoms with Gasteiger partial charge in [0.05, 0.1) is 16.2 Å². The maximum absolute atomic E-state index is 11.9. The van der Waals surface area contributed by atoms with Crippen molar-refractivity contribution in [2.24, 2.45) is 9.98 Å². The van der Waals surface area contributed by atoms with Gasteiger partial charge >= 0.3 is 5.97 Å². The smallest absolute Gasteiger partial charge is 0.306 e. The largest absolute Gasteiger partial charge is 0.461 e. The number of esters is 1. The van der Waals surface area contributed by atoms with Crippen molar-refractivity contribution in [2.75, 3.05) is 6.54 Å². The second-order valence-corrected chi connectivity index (χ2v) is 7.70. The SMILES string of the molecule is CC1(C)C=CN=C(C2=CN(CCCC(=O)OCc3ccccc3)NS2)C=N1.